The van der Waals surface area contributed by atoms with Gasteiger partial charge in [-0.25, -0.2) is 0 Å². The molecule has 0 bridgehead atoms. The van der Waals surface area contributed by atoms with E-state index < -0.39 is 0 Å². The van der Waals surface area contributed by atoms with E-state index in [9.17, 15) is 0 Å². The molecule has 32 heavy (non-hydrogen) atoms. The summed E-state index contributed by atoms with van der Waals surface area (Å²) in [6.45, 7) is 20.2. The first-order valence-electron chi connectivity index (χ1n) is 11.9. The van der Waals surface area contributed by atoms with E-state index in [4.69, 9.17) is 4.74 Å². The lowest BCUT2D eigenvalue weighted by atomic mass is 9.83. The molecule has 1 aliphatic rings. The summed E-state index contributed by atoms with van der Waals surface area (Å²) in [5.74, 6) is 1.21. The first-order valence-corrected chi connectivity index (χ1v) is 11.9. The van der Waals surface area contributed by atoms with Crippen molar-refractivity contribution >= 4 is 0 Å². The Kier molecular flexibility index (Phi) is 7.18. The summed E-state index contributed by atoms with van der Waals surface area (Å²) in [5.41, 5.74) is 12.3. The quantitative estimate of drug-likeness (QED) is 0.430. The van der Waals surface area contributed by atoms with Gasteiger partial charge in [0.25, 0.3) is 0 Å². The molecule has 0 heterocycles. The minimum absolute atomic E-state index is 0.170. The van der Waals surface area contributed by atoms with Crippen LogP contribution in [0.1, 0.15) is 80.3 Å². The molecule has 0 saturated heterocycles. The number of methoxy groups -OCH3 is 1. The number of ether oxygens (including phenoxy) is 1. The molecule has 1 unspecified atom stereocenters. The lowest BCUT2D eigenvalue weighted by Crippen LogP contribution is -2.12. The van der Waals surface area contributed by atoms with Gasteiger partial charge in [-0.05, 0) is 83.6 Å². The second-order valence-corrected chi connectivity index (χ2v) is 10.4. The van der Waals surface area contributed by atoms with E-state index in [0.717, 1.165) is 25.0 Å². The SMILES string of the molecule is C=C(C1=CC=C(Cc2cc(C(C)(C)C)ccc2C)C1)C(C)c1c(CC)cc(C)cc1OC. The van der Waals surface area contributed by atoms with Gasteiger partial charge in [-0.2, -0.15) is 0 Å². The second-order valence-electron chi connectivity index (χ2n) is 10.4. The normalized spacial score (nSPS) is 14.8. The summed E-state index contributed by atoms with van der Waals surface area (Å²) in [6.07, 6.45) is 7.58. The summed E-state index contributed by atoms with van der Waals surface area (Å²) in [6, 6.07) is 11.4. The summed E-state index contributed by atoms with van der Waals surface area (Å²) < 4.78 is 5.78. The van der Waals surface area contributed by atoms with E-state index >= 15 is 0 Å². The van der Waals surface area contributed by atoms with Gasteiger partial charge >= 0.3 is 0 Å². The molecule has 0 spiro atoms. The fourth-order valence-corrected chi connectivity index (χ4v) is 4.74. The zero-order chi connectivity index (χ0) is 23.6. The number of allylic oxidation sites excluding steroid dienone is 5. The Morgan fingerprint density at radius 3 is 2.41 bits per heavy atom. The molecular weight excluding hydrogens is 388 g/mol. The molecule has 0 saturated carbocycles. The van der Waals surface area contributed by atoms with Crippen LogP contribution in [0.3, 0.4) is 0 Å². The van der Waals surface area contributed by atoms with Crippen LogP contribution in [0.5, 0.6) is 5.75 Å². The molecule has 0 amide bonds. The van der Waals surface area contributed by atoms with Crippen molar-refractivity contribution in [2.24, 2.45) is 0 Å². The van der Waals surface area contributed by atoms with Crippen LogP contribution < -0.4 is 4.74 Å². The van der Waals surface area contributed by atoms with Gasteiger partial charge in [0.15, 0.2) is 0 Å². The maximum absolute atomic E-state index is 5.78. The predicted molar refractivity (Wildman–Crippen MR) is 139 cm³/mol. The predicted octanol–water partition coefficient (Wildman–Crippen LogP) is 8.33. The zero-order valence-corrected chi connectivity index (χ0v) is 21.4. The molecule has 1 heteroatoms. The highest BCUT2D eigenvalue weighted by Crippen LogP contribution is 2.40. The van der Waals surface area contributed by atoms with Crippen molar-refractivity contribution in [3.05, 3.63) is 99.2 Å². The number of hydrogen-bond acceptors (Lipinski definition) is 1. The van der Waals surface area contributed by atoms with E-state index in [-0.39, 0.29) is 11.3 Å². The van der Waals surface area contributed by atoms with E-state index in [0.29, 0.717) is 0 Å². The molecule has 0 aliphatic heterocycles. The van der Waals surface area contributed by atoms with Gasteiger partial charge < -0.3 is 4.74 Å². The zero-order valence-electron chi connectivity index (χ0n) is 21.4. The Hall–Kier alpha value is -2.54. The third-order valence-electron chi connectivity index (χ3n) is 6.91. The van der Waals surface area contributed by atoms with Crippen molar-refractivity contribution < 1.29 is 4.74 Å². The Morgan fingerprint density at radius 1 is 1.06 bits per heavy atom. The van der Waals surface area contributed by atoms with Gasteiger partial charge in [-0.1, -0.05) is 83.2 Å². The van der Waals surface area contributed by atoms with Crippen LogP contribution in [-0.2, 0) is 18.3 Å². The Labute approximate surface area is 195 Å². The van der Waals surface area contributed by atoms with Gasteiger partial charge in [-0.3, -0.25) is 0 Å². The topological polar surface area (TPSA) is 9.23 Å². The minimum Gasteiger partial charge on any atom is -0.496 e. The fourth-order valence-electron chi connectivity index (χ4n) is 4.74. The maximum atomic E-state index is 5.78. The lowest BCUT2D eigenvalue weighted by Gasteiger charge is -2.23. The van der Waals surface area contributed by atoms with Crippen LogP contribution >= 0.6 is 0 Å². The molecule has 0 N–H and O–H groups in total. The van der Waals surface area contributed by atoms with Crippen molar-refractivity contribution in [1.82, 2.24) is 0 Å². The maximum Gasteiger partial charge on any atom is 0.123 e. The van der Waals surface area contributed by atoms with E-state index in [1.165, 1.54) is 50.1 Å². The highest BCUT2D eigenvalue weighted by atomic mass is 16.5. The van der Waals surface area contributed by atoms with Crippen molar-refractivity contribution in [2.75, 3.05) is 7.11 Å². The summed E-state index contributed by atoms with van der Waals surface area (Å²) in [4.78, 5) is 0. The molecule has 0 radical (unpaired) electrons. The van der Waals surface area contributed by atoms with Gasteiger partial charge in [0, 0.05) is 11.5 Å². The molecule has 1 atom stereocenters. The molecule has 1 nitrogen and oxygen atoms in total. The number of aryl methyl sites for hydroxylation is 3. The van der Waals surface area contributed by atoms with Crippen LogP contribution in [0.4, 0.5) is 0 Å². The van der Waals surface area contributed by atoms with Crippen LogP contribution in [0.15, 0.2) is 65.8 Å². The lowest BCUT2D eigenvalue weighted by molar-refractivity contribution is 0.407. The molecule has 0 fully saturated rings. The average molecular weight is 429 g/mol. The third-order valence-corrected chi connectivity index (χ3v) is 6.91. The summed E-state index contributed by atoms with van der Waals surface area (Å²) in [7, 11) is 1.77. The second kappa shape index (κ2) is 9.53. The van der Waals surface area contributed by atoms with Crippen LogP contribution in [-0.4, -0.2) is 7.11 Å². The van der Waals surface area contributed by atoms with Crippen molar-refractivity contribution in [3.63, 3.8) is 0 Å². The van der Waals surface area contributed by atoms with Crippen LogP contribution in [0.2, 0.25) is 0 Å². The van der Waals surface area contributed by atoms with Crippen LogP contribution in [0.25, 0.3) is 0 Å². The van der Waals surface area contributed by atoms with E-state index in [1.54, 1.807) is 7.11 Å². The first kappa shape index (κ1) is 24.1. The standard InChI is InChI=1S/C31H40O/c1-10-25-15-20(2)16-29(32-9)30(25)23(5)22(4)26-13-12-24(17-26)18-27-19-28(31(6,7)8)14-11-21(27)3/h11-16,19,23H,4,10,17-18H2,1-3,5-9H3. The largest absolute Gasteiger partial charge is 0.496 e. The minimum atomic E-state index is 0.170. The third kappa shape index (κ3) is 5.09. The van der Waals surface area contributed by atoms with Crippen LogP contribution in [0, 0.1) is 13.8 Å². The number of hydrogen-bond donors (Lipinski definition) is 0. The molecule has 0 aromatic heterocycles. The highest BCUT2D eigenvalue weighted by molar-refractivity contribution is 5.54. The molecule has 3 rings (SSSR count). The monoisotopic (exact) mass is 428 g/mol. The molecule has 170 valence electrons. The van der Waals surface area contributed by atoms with E-state index in [1.807, 2.05) is 0 Å². The average Bonchev–Trinajstić information content (AvgIpc) is 3.21. The van der Waals surface area contributed by atoms with Crippen molar-refractivity contribution in [1.29, 1.82) is 0 Å². The van der Waals surface area contributed by atoms with Gasteiger partial charge in [0.05, 0.1) is 7.11 Å². The van der Waals surface area contributed by atoms with Crippen molar-refractivity contribution in [3.8, 4) is 5.75 Å². The number of rotatable bonds is 7. The van der Waals surface area contributed by atoms with Crippen molar-refractivity contribution in [2.45, 2.75) is 79.1 Å². The molecule has 2 aromatic carbocycles. The Bertz CT molecular complexity index is 1050. The molecule has 2 aromatic rings. The Morgan fingerprint density at radius 2 is 1.78 bits per heavy atom. The summed E-state index contributed by atoms with van der Waals surface area (Å²) >= 11 is 0. The molecule has 1 aliphatic carbocycles. The fraction of sp³-hybridized carbons (Fsp3) is 0.419. The highest BCUT2D eigenvalue weighted by Gasteiger charge is 2.23. The van der Waals surface area contributed by atoms with Gasteiger partial charge in [-0.15, -0.1) is 0 Å². The molecular formula is C31H40O. The van der Waals surface area contributed by atoms with E-state index in [2.05, 4.69) is 97.5 Å². The Balaban J connectivity index is 1.77. The van der Waals surface area contributed by atoms with Gasteiger partial charge in [0.1, 0.15) is 5.75 Å². The smallest absolute Gasteiger partial charge is 0.123 e. The number of benzene rings is 2. The van der Waals surface area contributed by atoms with Gasteiger partial charge in [0.2, 0.25) is 0 Å². The first-order chi connectivity index (χ1) is 15.0. The summed E-state index contributed by atoms with van der Waals surface area (Å²) in [5, 5.41) is 0.